The number of rotatable bonds is 2. The van der Waals surface area contributed by atoms with Crippen LogP contribution in [0.5, 0.6) is 5.88 Å². The summed E-state index contributed by atoms with van der Waals surface area (Å²) in [6.07, 6.45) is 3.93. The number of hydrogen-bond donors (Lipinski definition) is 1. The molecule has 0 radical (unpaired) electrons. The van der Waals surface area contributed by atoms with Crippen LogP contribution in [0.1, 0.15) is 24.4 Å². The van der Waals surface area contributed by atoms with Gasteiger partial charge in [0.05, 0.1) is 12.1 Å². The largest absolute Gasteiger partial charge is 0.481 e. The SMILES string of the molecule is COc1ncc(Cl)cc1C1CCCN1. The van der Waals surface area contributed by atoms with E-state index < -0.39 is 0 Å². The summed E-state index contributed by atoms with van der Waals surface area (Å²) in [5, 5.41) is 4.06. The number of pyridine rings is 1. The highest BCUT2D eigenvalue weighted by Gasteiger charge is 2.20. The summed E-state index contributed by atoms with van der Waals surface area (Å²) in [5.41, 5.74) is 1.07. The molecule has 0 bridgehead atoms. The zero-order chi connectivity index (χ0) is 9.97. The molecule has 1 fully saturated rings. The van der Waals surface area contributed by atoms with Crippen LogP contribution in [0.25, 0.3) is 0 Å². The van der Waals surface area contributed by atoms with Crippen molar-refractivity contribution in [3.63, 3.8) is 0 Å². The number of methoxy groups -OCH3 is 1. The maximum atomic E-state index is 5.91. The molecule has 0 saturated carbocycles. The van der Waals surface area contributed by atoms with Crippen LogP contribution in [0.4, 0.5) is 0 Å². The normalized spacial score (nSPS) is 21.1. The molecule has 0 amide bonds. The van der Waals surface area contributed by atoms with Crippen molar-refractivity contribution in [2.75, 3.05) is 13.7 Å². The lowest BCUT2D eigenvalue weighted by atomic mass is 10.1. The van der Waals surface area contributed by atoms with Crippen LogP contribution < -0.4 is 10.1 Å². The fourth-order valence-electron chi connectivity index (χ4n) is 1.81. The molecule has 2 heterocycles. The van der Waals surface area contributed by atoms with E-state index in [-0.39, 0.29) is 0 Å². The lowest BCUT2D eigenvalue weighted by Crippen LogP contribution is -2.14. The average Bonchev–Trinajstić information content (AvgIpc) is 2.70. The fraction of sp³-hybridized carbons (Fsp3) is 0.500. The highest BCUT2D eigenvalue weighted by molar-refractivity contribution is 6.30. The standard InChI is InChI=1S/C10H13ClN2O/c1-14-10-8(5-7(11)6-13-10)9-3-2-4-12-9/h5-6,9,12H,2-4H2,1H3. The second-order valence-electron chi connectivity index (χ2n) is 3.40. The van der Waals surface area contributed by atoms with Gasteiger partial charge >= 0.3 is 0 Å². The van der Waals surface area contributed by atoms with Gasteiger partial charge in [-0.25, -0.2) is 4.98 Å². The Morgan fingerprint density at radius 1 is 1.64 bits per heavy atom. The topological polar surface area (TPSA) is 34.1 Å². The average molecular weight is 213 g/mol. The van der Waals surface area contributed by atoms with Gasteiger partial charge in [0, 0.05) is 17.8 Å². The minimum atomic E-state index is 0.344. The number of halogens is 1. The van der Waals surface area contributed by atoms with Crippen molar-refractivity contribution < 1.29 is 4.74 Å². The van der Waals surface area contributed by atoms with Gasteiger partial charge in [-0.15, -0.1) is 0 Å². The van der Waals surface area contributed by atoms with E-state index in [1.54, 1.807) is 13.3 Å². The van der Waals surface area contributed by atoms with Gasteiger partial charge in [0.1, 0.15) is 0 Å². The number of nitrogens with one attached hydrogen (secondary N) is 1. The Bertz CT molecular complexity index is 324. The van der Waals surface area contributed by atoms with Crippen molar-refractivity contribution in [3.05, 3.63) is 22.8 Å². The highest BCUT2D eigenvalue weighted by atomic mass is 35.5. The van der Waals surface area contributed by atoms with Crippen molar-refractivity contribution in [3.8, 4) is 5.88 Å². The Hall–Kier alpha value is -0.800. The molecule has 1 atom stereocenters. The smallest absolute Gasteiger partial charge is 0.217 e. The second kappa shape index (κ2) is 4.15. The van der Waals surface area contributed by atoms with E-state index in [4.69, 9.17) is 16.3 Å². The van der Waals surface area contributed by atoms with Crippen molar-refractivity contribution >= 4 is 11.6 Å². The van der Waals surface area contributed by atoms with Crippen LogP contribution in [0, 0.1) is 0 Å². The van der Waals surface area contributed by atoms with Gasteiger partial charge in [0.2, 0.25) is 5.88 Å². The molecule has 14 heavy (non-hydrogen) atoms. The zero-order valence-electron chi connectivity index (χ0n) is 8.09. The molecule has 1 unspecified atom stereocenters. The van der Waals surface area contributed by atoms with Gasteiger partial charge in [0.25, 0.3) is 0 Å². The molecule has 1 saturated heterocycles. The molecule has 0 aromatic carbocycles. The molecule has 76 valence electrons. The Labute approximate surface area is 88.4 Å². The maximum Gasteiger partial charge on any atom is 0.217 e. The Morgan fingerprint density at radius 3 is 3.14 bits per heavy atom. The predicted molar refractivity (Wildman–Crippen MR) is 55.8 cm³/mol. The molecule has 3 nitrogen and oxygen atoms in total. The summed E-state index contributed by atoms with van der Waals surface area (Å²) in [6, 6.07) is 2.27. The van der Waals surface area contributed by atoms with Crippen molar-refractivity contribution in [2.24, 2.45) is 0 Å². The number of hydrogen-bond acceptors (Lipinski definition) is 3. The van der Waals surface area contributed by atoms with E-state index in [0.29, 0.717) is 16.9 Å². The monoisotopic (exact) mass is 212 g/mol. The first-order valence-corrected chi connectivity index (χ1v) is 5.12. The molecule has 0 aliphatic carbocycles. The van der Waals surface area contributed by atoms with Gasteiger partial charge in [-0.2, -0.15) is 0 Å². The molecular weight excluding hydrogens is 200 g/mol. The summed E-state index contributed by atoms with van der Waals surface area (Å²) in [5.74, 6) is 0.675. The molecule has 1 aromatic rings. The molecule has 1 N–H and O–H groups in total. The zero-order valence-corrected chi connectivity index (χ0v) is 8.84. The van der Waals surface area contributed by atoms with Crippen molar-refractivity contribution in [2.45, 2.75) is 18.9 Å². The van der Waals surface area contributed by atoms with Gasteiger partial charge in [-0.3, -0.25) is 0 Å². The van der Waals surface area contributed by atoms with Gasteiger partial charge in [0.15, 0.2) is 0 Å². The Kier molecular flexibility index (Phi) is 2.89. The first-order valence-electron chi connectivity index (χ1n) is 4.74. The third kappa shape index (κ3) is 1.83. The van der Waals surface area contributed by atoms with Crippen LogP contribution in [0.3, 0.4) is 0 Å². The van der Waals surface area contributed by atoms with Crippen LogP contribution in [-0.4, -0.2) is 18.6 Å². The summed E-state index contributed by atoms with van der Waals surface area (Å²) in [4.78, 5) is 4.15. The van der Waals surface area contributed by atoms with E-state index in [0.717, 1.165) is 18.5 Å². The van der Waals surface area contributed by atoms with Gasteiger partial charge in [-0.05, 0) is 25.5 Å². The number of aromatic nitrogens is 1. The number of ether oxygens (including phenoxy) is 1. The predicted octanol–water partition coefficient (Wildman–Crippen LogP) is 2.17. The molecule has 2 rings (SSSR count). The molecule has 0 spiro atoms. The summed E-state index contributed by atoms with van der Waals surface area (Å²) in [7, 11) is 1.63. The highest BCUT2D eigenvalue weighted by Crippen LogP contribution is 2.30. The van der Waals surface area contributed by atoms with E-state index in [1.807, 2.05) is 6.07 Å². The molecule has 1 aliphatic heterocycles. The lowest BCUT2D eigenvalue weighted by molar-refractivity contribution is 0.386. The van der Waals surface area contributed by atoms with E-state index in [2.05, 4.69) is 10.3 Å². The maximum absolute atomic E-state index is 5.91. The van der Waals surface area contributed by atoms with E-state index in [9.17, 15) is 0 Å². The lowest BCUT2D eigenvalue weighted by Gasteiger charge is -2.13. The van der Waals surface area contributed by atoms with Gasteiger partial charge in [-0.1, -0.05) is 11.6 Å². The molecule has 1 aromatic heterocycles. The quantitative estimate of drug-likeness (QED) is 0.816. The third-order valence-electron chi connectivity index (χ3n) is 2.47. The summed E-state index contributed by atoms with van der Waals surface area (Å²) in [6.45, 7) is 1.06. The minimum Gasteiger partial charge on any atom is -0.481 e. The minimum absolute atomic E-state index is 0.344. The third-order valence-corrected chi connectivity index (χ3v) is 2.68. The van der Waals surface area contributed by atoms with Crippen molar-refractivity contribution in [1.29, 1.82) is 0 Å². The molecule has 4 heteroatoms. The summed E-state index contributed by atoms with van der Waals surface area (Å²) < 4.78 is 5.20. The van der Waals surface area contributed by atoms with Crippen molar-refractivity contribution in [1.82, 2.24) is 10.3 Å². The first-order chi connectivity index (χ1) is 6.81. The summed E-state index contributed by atoms with van der Waals surface area (Å²) >= 11 is 5.91. The van der Waals surface area contributed by atoms with Crippen LogP contribution in [0.2, 0.25) is 5.02 Å². The number of nitrogens with zero attached hydrogens (tertiary/aromatic N) is 1. The van der Waals surface area contributed by atoms with Crippen LogP contribution in [-0.2, 0) is 0 Å². The fourth-order valence-corrected chi connectivity index (χ4v) is 1.98. The van der Waals surface area contributed by atoms with E-state index >= 15 is 0 Å². The molecular formula is C10H13ClN2O. The Morgan fingerprint density at radius 2 is 2.50 bits per heavy atom. The molecule has 1 aliphatic rings. The van der Waals surface area contributed by atoms with Crippen LogP contribution in [0.15, 0.2) is 12.3 Å². The van der Waals surface area contributed by atoms with Gasteiger partial charge < -0.3 is 10.1 Å². The first kappa shape index (κ1) is 9.74. The second-order valence-corrected chi connectivity index (χ2v) is 3.84. The Balaban J connectivity index is 2.33. The van der Waals surface area contributed by atoms with Crippen LogP contribution >= 0.6 is 11.6 Å². The van der Waals surface area contributed by atoms with E-state index in [1.165, 1.54) is 6.42 Å².